The molecule has 1 atom stereocenters. The predicted octanol–water partition coefficient (Wildman–Crippen LogP) is 21.5. The van der Waals surface area contributed by atoms with Crippen LogP contribution in [0.15, 0.2) is 146 Å². The molecule has 0 aliphatic carbocycles. The molecule has 6 heteroatoms. The van der Waals surface area contributed by atoms with Gasteiger partial charge in [0.1, 0.15) is 13.2 Å². The zero-order valence-electron chi connectivity index (χ0n) is 49.7. The number of hydrogen-bond donors (Lipinski definition) is 0. The van der Waals surface area contributed by atoms with Crippen LogP contribution in [-0.2, 0) is 28.6 Å². The van der Waals surface area contributed by atoms with Gasteiger partial charge in [0.25, 0.3) is 0 Å². The molecule has 0 aromatic heterocycles. The van der Waals surface area contributed by atoms with E-state index in [9.17, 15) is 14.4 Å². The van der Waals surface area contributed by atoms with E-state index in [0.29, 0.717) is 25.7 Å². The van der Waals surface area contributed by atoms with Gasteiger partial charge in [0.2, 0.25) is 0 Å². The van der Waals surface area contributed by atoms with Crippen molar-refractivity contribution in [2.24, 2.45) is 0 Å². The fourth-order valence-electron chi connectivity index (χ4n) is 8.21. The summed E-state index contributed by atoms with van der Waals surface area (Å²) in [6, 6.07) is 0. The molecule has 0 aromatic carbocycles. The molecule has 0 heterocycles. The van der Waals surface area contributed by atoms with E-state index in [2.05, 4.69) is 167 Å². The van der Waals surface area contributed by atoms with Crippen LogP contribution in [-0.4, -0.2) is 37.2 Å². The number of hydrogen-bond acceptors (Lipinski definition) is 6. The Labute approximate surface area is 474 Å². The molecular formula is C71H114O6. The smallest absolute Gasteiger partial charge is 0.306 e. The molecule has 77 heavy (non-hydrogen) atoms. The second-order valence-corrected chi connectivity index (χ2v) is 20.2. The largest absolute Gasteiger partial charge is 0.462 e. The zero-order valence-corrected chi connectivity index (χ0v) is 49.7. The molecule has 0 fully saturated rings. The summed E-state index contributed by atoms with van der Waals surface area (Å²) in [5, 5.41) is 0. The van der Waals surface area contributed by atoms with E-state index in [1.165, 1.54) is 89.9 Å². The highest BCUT2D eigenvalue weighted by atomic mass is 16.6. The Hall–Kier alpha value is -4.71. The summed E-state index contributed by atoms with van der Waals surface area (Å²) in [6.07, 6.45) is 91.6. The minimum absolute atomic E-state index is 0.0962. The van der Waals surface area contributed by atoms with Gasteiger partial charge in [-0.2, -0.15) is 0 Å². The van der Waals surface area contributed by atoms with E-state index in [0.717, 1.165) is 128 Å². The van der Waals surface area contributed by atoms with Crippen molar-refractivity contribution in [3.8, 4) is 0 Å². The number of carbonyl (C=O) groups is 3. The van der Waals surface area contributed by atoms with E-state index in [-0.39, 0.29) is 31.1 Å². The quantitative estimate of drug-likeness (QED) is 0.0261. The number of rotatable bonds is 55. The molecule has 434 valence electrons. The van der Waals surface area contributed by atoms with Crippen molar-refractivity contribution in [1.29, 1.82) is 0 Å². The van der Waals surface area contributed by atoms with Crippen LogP contribution in [0.2, 0.25) is 0 Å². The number of unbranched alkanes of at least 4 members (excludes halogenated alkanes) is 20. The molecule has 0 saturated heterocycles. The second kappa shape index (κ2) is 63.8. The lowest BCUT2D eigenvalue weighted by Gasteiger charge is -2.18. The Bertz CT molecular complexity index is 1700. The Morgan fingerprint density at radius 3 is 0.818 bits per heavy atom. The Kier molecular flexibility index (Phi) is 59.9. The summed E-state index contributed by atoms with van der Waals surface area (Å²) in [6.45, 7) is 6.33. The van der Waals surface area contributed by atoms with Crippen LogP contribution < -0.4 is 0 Å². The summed E-state index contributed by atoms with van der Waals surface area (Å²) in [4.78, 5) is 38.1. The maximum absolute atomic E-state index is 12.9. The van der Waals surface area contributed by atoms with Crippen molar-refractivity contribution >= 4 is 17.9 Å². The first-order chi connectivity index (χ1) is 38.0. The van der Waals surface area contributed by atoms with Gasteiger partial charge in [-0.25, -0.2) is 0 Å². The van der Waals surface area contributed by atoms with E-state index in [1.807, 2.05) is 0 Å². The fourth-order valence-corrected chi connectivity index (χ4v) is 8.21. The molecule has 0 saturated carbocycles. The van der Waals surface area contributed by atoms with Crippen molar-refractivity contribution in [2.75, 3.05) is 13.2 Å². The molecule has 0 rings (SSSR count). The highest BCUT2D eigenvalue weighted by Gasteiger charge is 2.19. The molecule has 0 spiro atoms. The lowest BCUT2D eigenvalue weighted by molar-refractivity contribution is -0.167. The first-order valence-electron chi connectivity index (χ1n) is 31.3. The van der Waals surface area contributed by atoms with Crippen molar-refractivity contribution in [1.82, 2.24) is 0 Å². The minimum Gasteiger partial charge on any atom is -0.462 e. The van der Waals surface area contributed by atoms with Crippen LogP contribution >= 0.6 is 0 Å². The van der Waals surface area contributed by atoms with E-state index in [1.54, 1.807) is 0 Å². The van der Waals surface area contributed by atoms with Gasteiger partial charge in [-0.1, -0.05) is 269 Å². The number of esters is 3. The Balaban J connectivity index is 4.27. The number of carbonyl (C=O) groups excluding carboxylic acids is 3. The molecule has 0 amide bonds. The molecule has 0 aliphatic heterocycles. The molecule has 1 unspecified atom stereocenters. The van der Waals surface area contributed by atoms with E-state index < -0.39 is 6.10 Å². The minimum atomic E-state index is -0.801. The van der Waals surface area contributed by atoms with E-state index in [4.69, 9.17) is 14.2 Å². The van der Waals surface area contributed by atoms with E-state index >= 15 is 0 Å². The summed E-state index contributed by atoms with van der Waals surface area (Å²) < 4.78 is 16.8. The molecule has 0 bridgehead atoms. The topological polar surface area (TPSA) is 78.9 Å². The van der Waals surface area contributed by atoms with Gasteiger partial charge in [0.15, 0.2) is 6.10 Å². The van der Waals surface area contributed by atoms with Crippen molar-refractivity contribution in [2.45, 2.75) is 271 Å². The molecule has 0 aliphatic rings. The number of allylic oxidation sites excluding steroid dienone is 24. The highest BCUT2D eigenvalue weighted by Crippen LogP contribution is 2.15. The van der Waals surface area contributed by atoms with Gasteiger partial charge in [-0.05, 0) is 122 Å². The molecule has 6 nitrogen and oxygen atoms in total. The standard InChI is InChI=1S/C71H114O6/c1-4-7-10-13-16-18-20-22-24-26-28-30-32-34-35-37-38-40-42-44-46-48-50-52-55-58-61-64-70(73)76-67-68(66-75-69(72)63-60-57-54-15-12-9-6-3)77-71(74)65-62-59-56-53-51-49-47-45-43-41-39-36-33-31-29-27-25-23-21-19-17-14-11-8-5-2/h7-8,10-11,16-19,22-25,28-31,34-35,38,40,44,46,50,52,68H,4-6,9,12-15,20-21,26-27,32-33,36-37,39,41-43,45,47-49,51,53-67H2,1-3H3/b10-7-,11-8-,18-16-,19-17-,24-22-,25-23-,30-28-,31-29-,35-34-,40-38-,46-44-,52-50-. The van der Waals surface area contributed by atoms with Gasteiger partial charge < -0.3 is 14.2 Å². The van der Waals surface area contributed by atoms with Crippen molar-refractivity contribution in [3.05, 3.63) is 146 Å². The lowest BCUT2D eigenvalue weighted by Crippen LogP contribution is -2.30. The van der Waals surface area contributed by atoms with Gasteiger partial charge in [-0.15, -0.1) is 0 Å². The van der Waals surface area contributed by atoms with Gasteiger partial charge in [0, 0.05) is 19.3 Å². The first-order valence-corrected chi connectivity index (χ1v) is 31.3. The maximum Gasteiger partial charge on any atom is 0.306 e. The Morgan fingerprint density at radius 2 is 0.506 bits per heavy atom. The molecule has 0 aromatic rings. The normalized spacial score (nSPS) is 13.1. The predicted molar refractivity (Wildman–Crippen MR) is 334 cm³/mol. The molecule has 0 radical (unpaired) electrons. The zero-order chi connectivity index (χ0) is 55.7. The fraction of sp³-hybridized carbons (Fsp3) is 0.620. The van der Waals surface area contributed by atoms with Crippen LogP contribution in [0.3, 0.4) is 0 Å². The average molecular weight is 1060 g/mol. The van der Waals surface area contributed by atoms with Gasteiger partial charge in [0.05, 0.1) is 0 Å². The number of ether oxygens (including phenoxy) is 3. The van der Waals surface area contributed by atoms with Crippen LogP contribution in [0.1, 0.15) is 265 Å². The summed E-state index contributed by atoms with van der Waals surface area (Å²) in [5.41, 5.74) is 0. The van der Waals surface area contributed by atoms with Gasteiger partial charge in [-0.3, -0.25) is 14.4 Å². The van der Waals surface area contributed by atoms with Crippen LogP contribution in [0.4, 0.5) is 0 Å². The third-order valence-corrected chi connectivity index (χ3v) is 12.8. The SMILES string of the molecule is CC/C=C\C/C=C\C/C=C\C/C=C\C/C=C\C/C=C\C/C=C\C/C=C\CCCCC(=O)OCC(COC(=O)CCCCCCCCC)OC(=O)CCCCCCCCCCCCCC/C=C\C/C=C\C/C=C\C/C=C\CC. The van der Waals surface area contributed by atoms with Crippen LogP contribution in [0.25, 0.3) is 0 Å². The molecule has 0 N–H and O–H groups in total. The highest BCUT2D eigenvalue weighted by molar-refractivity contribution is 5.71. The van der Waals surface area contributed by atoms with Crippen LogP contribution in [0, 0.1) is 0 Å². The second-order valence-electron chi connectivity index (χ2n) is 20.2. The lowest BCUT2D eigenvalue weighted by atomic mass is 10.0. The third kappa shape index (κ3) is 62.0. The van der Waals surface area contributed by atoms with Gasteiger partial charge >= 0.3 is 17.9 Å². The third-order valence-electron chi connectivity index (χ3n) is 12.8. The summed E-state index contributed by atoms with van der Waals surface area (Å²) in [5.74, 6) is -0.953. The Morgan fingerprint density at radius 1 is 0.273 bits per heavy atom. The van der Waals surface area contributed by atoms with Crippen molar-refractivity contribution < 1.29 is 28.6 Å². The average Bonchev–Trinajstić information content (AvgIpc) is 3.43. The summed E-state index contributed by atoms with van der Waals surface area (Å²) in [7, 11) is 0. The van der Waals surface area contributed by atoms with Crippen molar-refractivity contribution in [3.63, 3.8) is 0 Å². The monoisotopic (exact) mass is 1060 g/mol. The first kappa shape index (κ1) is 72.3. The summed E-state index contributed by atoms with van der Waals surface area (Å²) >= 11 is 0. The van der Waals surface area contributed by atoms with Crippen LogP contribution in [0.5, 0.6) is 0 Å². The molecular weight excluding hydrogens is 949 g/mol. The maximum atomic E-state index is 12.9.